The summed E-state index contributed by atoms with van der Waals surface area (Å²) in [5.74, 6) is 3.70. The molecule has 66 valence electrons. The molecule has 0 nitrogen and oxygen atoms in total. The molecule has 0 aliphatic heterocycles. The Hall–Kier alpha value is 0.290. The molecule has 2 atom stereocenters. The first-order chi connectivity index (χ1) is 5.82. The molecule has 0 spiro atoms. The van der Waals surface area contributed by atoms with Crippen LogP contribution in [-0.2, 0) is 0 Å². The highest BCUT2D eigenvalue weighted by atomic mass is 35.5. The van der Waals surface area contributed by atoms with Crippen molar-refractivity contribution < 1.29 is 0 Å². The lowest BCUT2D eigenvalue weighted by Gasteiger charge is -2.31. The molecule has 0 aromatic rings. The van der Waals surface area contributed by atoms with Crippen LogP contribution in [0.1, 0.15) is 32.1 Å². The van der Waals surface area contributed by atoms with Gasteiger partial charge in [0.1, 0.15) is 0 Å². The van der Waals surface area contributed by atoms with E-state index >= 15 is 0 Å². The lowest BCUT2D eigenvalue weighted by atomic mass is 9.74. The second-order valence-corrected chi connectivity index (χ2v) is 5.28. The van der Waals surface area contributed by atoms with Gasteiger partial charge in [-0.3, -0.25) is 0 Å². The second kappa shape index (κ2) is 2.41. The van der Waals surface area contributed by atoms with E-state index in [1.165, 1.54) is 32.1 Å². The highest BCUT2D eigenvalue weighted by Crippen LogP contribution is 2.66. The Morgan fingerprint density at radius 3 is 2.42 bits per heavy atom. The van der Waals surface area contributed by atoms with Crippen LogP contribution in [0, 0.1) is 29.6 Å². The zero-order valence-electron chi connectivity index (χ0n) is 7.35. The summed E-state index contributed by atoms with van der Waals surface area (Å²) >= 11 is 5.79. The van der Waals surface area contributed by atoms with Crippen molar-refractivity contribution in [2.75, 3.05) is 5.88 Å². The molecule has 4 fully saturated rings. The molecule has 0 aromatic heterocycles. The van der Waals surface area contributed by atoms with Crippen LogP contribution in [-0.4, -0.2) is 5.88 Å². The van der Waals surface area contributed by atoms with Crippen molar-refractivity contribution in [1.82, 2.24) is 0 Å². The third-order valence-electron chi connectivity index (χ3n) is 4.41. The highest BCUT2D eigenvalue weighted by Gasteiger charge is 2.57. The molecule has 0 N–H and O–H groups in total. The molecule has 4 aliphatic rings. The van der Waals surface area contributed by atoms with Gasteiger partial charge < -0.3 is 0 Å². The first-order valence-corrected chi connectivity index (χ1v) is 5.67. The van der Waals surface area contributed by atoms with Crippen LogP contribution in [0.5, 0.6) is 0 Å². The Kier molecular flexibility index (Phi) is 1.54. The molecular formula is C11H15Cl. The minimum atomic E-state index is 0.495. The number of hydrogen-bond acceptors (Lipinski definition) is 0. The fourth-order valence-electron chi connectivity index (χ4n) is 4.22. The van der Waals surface area contributed by atoms with E-state index in [0.717, 1.165) is 17.8 Å². The molecule has 1 heteroatoms. The molecule has 0 heterocycles. The Morgan fingerprint density at radius 1 is 1.17 bits per heavy atom. The molecule has 0 amide bonds. The Labute approximate surface area is 79.7 Å². The van der Waals surface area contributed by atoms with E-state index in [4.69, 9.17) is 11.6 Å². The number of alkyl halides is 1. The van der Waals surface area contributed by atoms with Crippen molar-refractivity contribution in [2.45, 2.75) is 32.1 Å². The Balaban J connectivity index is 1.88. The fraction of sp³-hybridized carbons (Fsp3) is 0.909. The molecule has 0 saturated heterocycles. The van der Waals surface area contributed by atoms with Gasteiger partial charge in [0, 0.05) is 12.3 Å². The first-order valence-electron chi connectivity index (χ1n) is 5.13. The molecule has 0 aromatic carbocycles. The van der Waals surface area contributed by atoms with Crippen molar-refractivity contribution in [3.05, 3.63) is 6.42 Å². The average molecular weight is 183 g/mol. The van der Waals surface area contributed by atoms with E-state index < -0.39 is 0 Å². The molecule has 4 saturated carbocycles. The summed E-state index contributed by atoms with van der Waals surface area (Å²) in [7, 11) is 0. The van der Waals surface area contributed by atoms with Gasteiger partial charge in [0.15, 0.2) is 0 Å². The summed E-state index contributed by atoms with van der Waals surface area (Å²) in [6.45, 7) is 0. The third kappa shape index (κ3) is 0.852. The van der Waals surface area contributed by atoms with Crippen LogP contribution in [0.2, 0.25) is 0 Å². The quantitative estimate of drug-likeness (QED) is 0.576. The lowest BCUT2D eigenvalue weighted by molar-refractivity contribution is 0.238. The molecule has 4 bridgehead atoms. The summed E-state index contributed by atoms with van der Waals surface area (Å²) < 4.78 is 0. The van der Waals surface area contributed by atoms with Crippen LogP contribution >= 0.6 is 11.6 Å². The zero-order chi connectivity index (χ0) is 8.18. The van der Waals surface area contributed by atoms with Crippen molar-refractivity contribution in [2.24, 2.45) is 23.2 Å². The standard InChI is InChI=1S/C11H15Cl/c12-2-1-11-6-8-3-9(7-11)5-10(11)4-8/h8-10H,2-7H2. The fourth-order valence-corrected chi connectivity index (χ4v) is 4.48. The van der Waals surface area contributed by atoms with E-state index in [0.29, 0.717) is 11.3 Å². The number of halogens is 1. The number of rotatable bonds is 2. The van der Waals surface area contributed by atoms with Gasteiger partial charge in [0.05, 0.1) is 0 Å². The van der Waals surface area contributed by atoms with E-state index in [9.17, 15) is 0 Å². The van der Waals surface area contributed by atoms with Crippen LogP contribution in [0.3, 0.4) is 0 Å². The van der Waals surface area contributed by atoms with Crippen LogP contribution < -0.4 is 0 Å². The van der Waals surface area contributed by atoms with E-state index in [1.807, 2.05) is 0 Å². The van der Waals surface area contributed by atoms with Gasteiger partial charge in [0.2, 0.25) is 0 Å². The minimum absolute atomic E-state index is 0.495. The van der Waals surface area contributed by atoms with Crippen LogP contribution in [0.25, 0.3) is 0 Å². The van der Waals surface area contributed by atoms with Crippen molar-refractivity contribution >= 4 is 11.6 Å². The van der Waals surface area contributed by atoms with Gasteiger partial charge in [-0.1, -0.05) is 0 Å². The van der Waals surface area contributed by atoms with E-state index in [1.54, 1.807) is 0 Å². The van der Waals surface area contributed by atoms with Gasteiger partial charge in [-0.05, 0) is 55.3 Å². The first kappa shape index (κ1) is 7.67. The Morgan fingerprint density at radius 2 is 1.83 bits per heavy atom. The van der Waals surface area contributed by atoms with Crippen molar-refractivity contribution in [3.8, 4) is 0 Å². The largest absolute Gasteiger partial charge is 0.126 e. The van der Waals surface area contributed by atoms with Gasteiger partial charge in [-0.2, -0.15) is 0 Å². The summed E-state index contributed by atoms with van der Waals surface area (Å²) in [5, 5.41) is 0. The maximum absolute atomic E-state index is 5.79. The van der Waals surface area contributed by atoms with Crippen molar-refractivity contribution in [3.63, 3.8) is 0 Å². The summed E-state index contributed by atoms with van der Waals surface area (Å²) in [6.07, 6.45) is 10.9. The normalized spacial score (nSPS) is 55.2. The summed E-state index contributed by atoms with van der Waals surface area (Å²) in [4.78, 5) is 0. The monoisotopic (exact) mass is 182 g/mol. The maximum atomic E-state index is 5.79. The molecule has 12 heavy (non-hydrogen) atoms. The van der Waals surface area contributed by atoms with Crippen LogP contribution in [0.15, 0.2) is 0 Å². The van der Waals surface area contributed by atoms with Crippen LogP contribution in [0.4, 0.5) is 0 Å². The topological polar surface area (TPSA) is 0 Å². The lowest BCUT2D eigenvalue weighted by Crippen LogP contribution is -2.23. The van der Waals surface area contributed by atoms with Gasteiger partial charge >= 0.3 is 0 Å². The minimum Gasteiger partial charge on any atom is -0.126 e. The summed E-state index contributed by atoms with van der Waals surface area (Å²) in [6, 6.07) is 0. The van der Waals surface area contributed by atoms with Gasteiger partial charge in [0.25, 0.3) is 0 Å². The van der Waals surface area contributed by atoms with Crippen molar-refractivity contribution in [1.29, 1.82) is 0 Å². The zero-order valence-corrected chi connectivity index (χ0v) is 8.11. The van der Waals surface area contributed by atoms with E-state index in [2.05, 4.69) is 6.42 Å². The maximum Gasteiger partial charge on any atom is 0.0297 e. The predicted octanol–water partition coefficient (Wildman–Crippen LogP) is 3.13. The summed E-state index contributed by atoms with van der Waals surface area (Å²) in [5.41, 5.74) is 0.495. The molecule has 4 aliphatic carbocycles. The predicted molar refractivity (Wildman–Crippen MR) is 50.0 cm³/mol. The molecular weight excluding hydrogens is 168 g/mol. The molecule has 2 unspecified atom stereocenters. The third-order valence-corrected chi connectivity index (χ3v) is 4.54. The van der Waals surface area contributed by atoms with E-state index in [-0.39, 0.29) is 0 Å². The van der Waals surface area contributed by atoms with Gasteiger partial charge in [-0.25, -0.2) is 0 Å². The number of hydrogen-bond donors (Lipinski definition) is 0. The second-order valence-electron chi connectivity index (χ2n) is 5.01. The average Bonchev–Trinajstić information content (AvgIpc) is 2.36. The molecule has 4 rings (SSSR count). The highest BCUT2D eigenvalue weighted by molar-refractivity contribution is 6.18. The van der Waals surface area contributed by atoms with Gasteiger partial charge in [-0.15, -0.1) is 11.6 Å². The molecule has 2 radical (unpaired) electrons. The smallest absolute Gasteiger partial charge is 0.0297 e. The Bertz CT molecular complexity index is 185. The SMILES string of the molecule is ClC[C]C12CC3CC(CC1C3)C2.